The number of carbonyl (C=O) groups is 2. The summed E-state index contributed by atoms with van der Waals surface area (Å²) in [6.07, 6.45) is -0.631. The Bertz CT molecular complexity index is 341. The van der Waals surface area contributed by atoms with Crippen LogP contribution in [0.3, 0.4) is 0 Å². The lowest BCUT2D eigenvalue weighted by atomic mass is 10.1. The number of hydrogen-bond donors (Lipinski definition) is 2. The number of nitrogens with zero attached hydrogens (tertiary/aromatic N) is 1. The Morgan fingerprint density at radius 2 is 2.25 bits per heavy atom. The van der Waals surface area contributed by atoms with E-state index in [4.69, 9.17) is 0 Å². The second-order valence-electron chi connectivity index (χ2n) is 3.90. The maximum atomic E-state index is 11.4. The van der Waals surface area contributed by atoms with Crippen molar-refractivity contribution in [3.63, 3.8) is 0 Å². The van der Waals surface area contributed by atoms with Gasteiger partial charge in [0, 0.05) is 7.05 Å². The highest BCUT2D eigenvalue weighted by molar-refractivity contribution is 8.15. The Balaban J connectivity index is 2.78. The highest BCUT2D eigenvalue weighted by Gasteiger charge is 2.37. The molecule has 0 spiro atoms. The van der Waals surface area contributed by atoms with E-state index in [2.05, 4.69) is 20.6 Å². The van der Waals surface area contributed by atoms with Crippen molar-refractivity contribution in [2.24, 2.45) is 5.16 Å². The van der Waals surface area contributed by atoms with Crippen molar-refractivity contribution in [3.05, 3.63) is 0 Å². The van der Waals surface area contributed by atoms with Crippen molar-refractivity contribution < 1.29 is 14.4 Å². The Kier molecular flexibility index (Phi) is 3.79. The smallest absolute Gasteiger partial charge is 0.344 e. The molecule has 1 aliphatic rings. The lowest BCUT2D eigenvalue weighted by Gasteiger charge is -2.33. The molecule has 0 radical (unpaired) electrons. The Hall–Kier alpha value is -1.24. The molecule has 1 unspecified atom stereocenters. The summed E-state index contributed by atoms with van der Waals surface area (Å²) in [4.78, 5) is 26.9. The zero-order valence-electron chi connectivity index (χ0n) is 9.66. The molecule has 0 aliphatic carbocycles. The molecular weight excluding hydrogens is 230 g/mol. The zero-order valence-corrected chi connectivity index (χ0v) is 10.5. The fourth-order valence-electron chi connectivity index (χ4n) is 1.10. The largest absolute Gasteiger partial charge is 0.433 e. The van der Waals surface area contributed by atoms with Gasteiger partial charge < -0.3 is 10.6 Å². The SMILES string of the molecule is CNC(=O)O/N=C1/SC(C)C(=O)NC1(C)C. The first kappa shape index (κ1) is 12.8. The van der Waals surface area contributed by atoms with E-state index in [9.17, 15) is 9.59 Å². The highest BCUT2D eigenvalue weighted by atomic mass is 32.2. The van der Waals surface area contributed by atoms with Crippen molar-refractivity contribution in [1.29, 1.82) is 0 Å². The van der Waals surface area contributed by atoms with E-state index in [-0.39, 0.29) is 11.2 Å². The molecule has 1 aliphatic heterocycles. The molecule has 1 saturated heterocycles. The van der Waals surface area contributed by atoms with Crippen LogP contribution in [0.15, 0.2) is 5.16 Å². The highest BCUT2D eigenvalue weighted by Crippen LogP contribution is 2.27. The summed E-state index contributed by atoms with van der Waals surface area (Å²) < 4.78 is 0. The molecule has 1 heterocycles. The quantitative estimate of drug-likeness (QED) is 0.526. The van der Waals surface area contributed by atoms with E-state index in [1.165, 1.54) is 18.8 Å². The minimum atomic E-state index is -0.631. The van der Waals surface area contributed by atoms with Crippen molar-refractivity contribution in [3.8, 4) is 0 Å². The fraction of sp³-hybridized carbons (Fsp3) is 0.667. The minimum Gasteiger partial charge on any atom is -0.344 e. The van der Waals surface area contributed by atoms with Crippen LogP contribution < -0.4 is 10.6 Å². The number of oxime groups is 1. The molecule has 1 atom stereocenters. The van der Waals surface area contributed by atoms with Gasteiger partial charge in [-0.2, -0.15) is 0 Å². The van der Waals surface area contributed by atoms with Crippen LogP contribution in [0.2, 0.25) is 0 Å². The van der Waals surface area contributed by atoms with E-state index in [0.29, 0.717) is 5.04 Å². The van der Waals surface area contributed by atoms with Gasteiger partial charge >= 0.3 is 6.09 Å². The number of thioether (sulfide) groups is 1. The number of rotatable bonds is 1. The molecule has 7 heteroatoms. The predicted octanol–water partition coefficient (Wildman–Crippen LogP) is 0.686. The Labute approximate surface area is 98.2 Å². The van der Waals surface area contributed by atoms with Crippen molar-refractivity contribution in [2.75, 3.05) is 7.05 Å². The monoisotopic (exact) mass is 245 g/mol. The second-order valence-corrected chi connectivity index (χ2v) is 5.23. The third-order valence-corrected chi connectivity index (χ3v) is 3.42. The van der Waals surface area contributed by atoms with Gasteiger partial charge in [-0.3, -0.25) is 9.63 Å². The Morgan fingerprint density at radius 1 is 1.62 bits per heavy atom. The first-order chi connectivity index (χ1) is 7.36. The van der Waals surface area contributed by atoms with Gasteiger partial charge in [-0.1, -0.05) is 16.9 Å². The molecular formula is C9H15N3O3S. The third-order valence-electron chi connectivity index (χ3n) is 2.04. The molecule has 6 nitrogen and oxygen atoms in total. The van der Waals surface area contributed by atoms with Gasteiger partial charge in [-0.05, 0) is 20.8 Å². The minimum absolute atomic E-state index is 0.0473. The summed E-state index contributed by atoms with van der Waals surface area (Å²) in [5.74, 6) is -0.0473. The molecule has 90 valence electrons. The van der Waals surface area contributed by atoms with Crippen LogP contribution in [-0.4, -0.2) is 34.9 Å². The van der Waals surface area contributed by atoms with Gasteiger partial charge in [0.25, 0.3) is 0 Å². The van der Waals surface area contributed by atoms with Crippen molar-refractivity contribution in [1.82, 2.24) is 10.6 Å². The van der Waals surface area contributed by atoms with E-state index in [1.807, 2.05) is 0 Å². The molecule has 0 aromatic carbocycles. The average Bonchev–Trinajstić information content (AvgIpc) is 2.20. The normalized spacial score (nSPS) is 26.1. The van der Waals surface area contributed by atoms with Gasteiger partial charge in [0.1, 0.15) is 5.04 Å². The van der Waals surface area contributed by atoms with Crippen LogP contribution >= 0.6 is 11.8 Å². The van der Waals surface area contributed by atoms with Gasteiger partial charge in [-0.25, -0.2) is 4.79 Å². The summed E-state index contributed by atoms with van der Waals surface area (Å²) in [6.45, 7) is 5.37. The molecule has 0 bridgehead atoms. The van der Waals surface area contributed by atoms with Gasteiger partial charge in [0.2, 0.25) is 5.91 Å². The zero-order chi connectivity index (χ0) is 12.3. The summed E-state index contributed by atoms with van der Waals surface area (Å²) in [5.41, 5.74) is -0.609. The van der Waals surface area contributed by atoms with Crippen LogP contribution in [0.5, 0.6) is 0 Å². The first-order valence-electron chi connectivity index (χ1n) is 4.82. The van der Waals surface area contributed by atoms with Crippen molar-refractivity contribution >= 4 is 28.8 Å². The lowest BCUT2D eigenvalue weighted by molar-refractivity contribution is -0.121. The summed E-state index contributed by atoms with van der Waals surface area (Å²) >= 11 is 1.29. The Morgan fingerprint density at radius 3 is 2.81 bits per heavy atom. The van der Waals surface area contributed by atoms with E-state index in [0.717, 1.165) is 0 Å². The fourth-order valence-corrected chi connectivity index (χ4v) is 2.02. The van der Waals surface area contributed by atoms with Crippen LogP contribution in [0, 0.1) is 0 Å². The maximum absolute atomic E-state index is 11.4. The van der Waals surface area contributed by atoms with E-state index >= 15 is 0 Å². The lowest BCUT2D eigenvalue weighted by Crippen LogP contribution is -2.55. The third kappa shape index (κ3) is 2.88. The first-order valence-corrected chi connectivity index (χ1v) is 5.70. The molecule has 2 N–H and O–H groups in total. The summed E-state index contributed by atoms with van der Waals surface area (Å²) in [7, 11) is 1.45. The van der Waals surface area contributed by atoms with Crippen molar-refractivity contribution in [2.45, 2.75) is 31.6 Å². The average molecular weight is 245 g/mol. The standard InChI is InChI=1S/C9H15N3O3S/c1-5-6(13)11-9(2,3)7(16-5)12-15-8(14)10-4/h5H,1-4H3,(H,10,14)(H,11,13)/b12-7+. The van der Waals surface area contributed by atoms with Crippen LogP contribution in [0.1, 0.15) is 20.8 Å². The molecule has 1 rings (SSSR count). The molecule has 1 fully saturated rings. The van der Waals surface area contributed by atoms with Gasteiger partial charge in [0.15, 0.2) is 0 Å². The van der Waals surface area contributed by atoms with Gasteiger partial charge in [0.05, 0.1) is 10.8 Å². The summed E-state index contributed by atoms with van der Waals surface area (Å²) in [5, 5.41) is 9.16. The van der Waals surface area contributed by atoms with Crippen LogP contribution in [0.4, 0.5) is 4.79 Å². The van der Waals surface area contributed by atoms with Gasteiger partial charge in [-0.15, -0.1) is 0 Å². The van der Waals surface area contributed by atoms with E-state index < -0.39 is 11.6 Å². The molecule has 2 amide bonds. The summed E-state index contributed by atoms with van der Waals surface area (Å²) in [6, 6.07) is 0. The topological polar surface area (TPSA) is 79.8 Å². The van der Waals surface area contributed by atoms with E-state index in [1.54, 1.807) is 20.8 Å². The number of hydrogen-bond acceptors (Lipinski definition) is 5. The van der Waals surface area contributed by atoms with Crippen LogP contribution in [0.25, 0.3) is 0 Å². The molecule has 0 saturated carbocycles. The molecule has 0 aromatic rings. The maximum Gasteiger partial charge on any atom is 0.433 e. The number of carbonyl (C=O) groups excluding carboxylic acids is 2. The molecule has 0 aromatic heterocycles. The number of amides is 2. The predicted molar refractivity (Wildman–Crippen MR) is 62.3 cm³/mol. The van der Waals surface area contributed by atoms with Crippen LogP contribution in [-0.2, 0) is 9.63 Å². The second kappa shape index (κ2) is 4.73. The molecule has 16 heavy (non-hydrogen) atoms. The number of nitrogens with one attached hydrogen (secondary N) is 2.